The lowest BCUT2D eigenvalue weighted by Gasteiger charge is -2.30. The van der Waals surface area contributed by atoms with Crippen molar-refractivity contribution in [3.8, 4) is 23.5 Å². The van der Waals surface area contributed by atoms with Gasteiger partial charge in [0.05, 0.1) is 0 Å². The average molecular weight is 406 g/mol. The number of aromatic nitrogens is 1. The summed E-state index contributed by atoms with van der Waals surface area (Å²) in [6.07, 6.45) is 1.24. The number of furan rings is 1. The fourth-order valence-corrected chi connectivity index (χ4v) is 3.50. The maximum absolute atomic E-state index is 11.4. The first-order chi connectivity index (χ1) is 14.5. The highest BCUT2D eigenvalue weighted by atomic mass is 16.5. The molecule has 2 aromatic heterocycles. The van der Waals surface area contributed by atoms with Crippen molar-refractivity contribution in [3.63, 3.8) is 0 Å². The van der Waals surface area contributed by atoms with E-state index in [1.807, 2.05) is 36.1 Å². The highest BCUT2D eigenvalue weighted by Crippen LogP contribution is 2.32. The van der Waals surface area contributed by atoms with Crippen molar-refractivity contribution in [2.45, 2.75) is 26.4 Å². The Morgan fingerprint density at radius 1 is 1.30 bits per heavy atom. The second-order valence-electron chi connectivity index (χ2n) is 7.32. The SMILES string of the molecule is Cc1cccc(OCc2ccc(-c3nc(C#N)c(N4CCC(C(N)=O)CC4)o3)o2)c1. The molecule has 8 nitrogen and oxygen atoms in total. The molecule has 8 heteroatoms. The number of nitrogens with two attached hydrogens (primary N) is 1. The second-order valence-corrected chi connectivity index (χ2v) is 7.32. The van der Waals surface area contributed by atoms with Crippen LogP contribution >= 0.6 is 0 Å². The third-order valence-corrected chi connectivity index (χ3v) is 5.14. The number of amides is 1. The zero-order valence-electron chi connectivity index (χ0n) is 16.6. The topological polar surface area (TPSA) is 119 Å². The molecular weight excluding hydrogens is 384 g/mol. The molecule has 3 aromatic rings. The first-order valence-corrected chi connectivity index (χ1v) is 9.77. The fraction of sp³-hybridized carbons (Fsp3) is 0.318. The number of hydrogen-bond acceptors (Lipinski definition) is 7. The van der Waals surface area contributed by atoms with Crippen molar-refractivity contribution >= 4 is 11.8 Å². The summed E-state index contributed by atoms with van der Waals surface area (Å²) in [5.41, 5.74) is 6.70. The number of piperidine rings is 1. The molecule has 0 atom stereocenters. The van der Waals surface area contributed by atoms with Crippen molar-refractivity contribution in [1.82, 2.24) is 4.98 Å². The third kappa shape index (κ3) is 4.15. The number of anilines is 1. The van der Waals surface area contributed by atoms with Gasteiger partial charge < -0.3 is 24.2 Å². The van der Waals surface area contributed by atoms with Crippen LogP contribution in [0.15, 0.2) is 45.2 Å². The molecule has 0 spiro atoms. The molecule has 1 aromatic carbocycles. The van der Waals surface area contributed by atoms with Gasteiger partial charge in [0.25, 0.3) is 5.89 Å². The summed E-state index contributed by atoms with van der Waals surface area (Å²) in [5, 5.41) is 9.46. The predicted octanol–water partition coefficient (Wildman–Crippen LogP) is 3.40. The molecule has 1 aliphatic rings. The Hall–Kier alpha value is -3.73. The number of aryl methyl sites for hydroxylation is 1. The first kappa shape index (κ1) is 19.6. The Morgan fingerprint density at radius 2 is 2.10 bits per heavy atom. The first-order valence-electron chi connectivity index (χ1n) is 9.77. The van der Waals surface area contributed by atoms with E-state index in [2.05, 4.69) is 11.1 Å². The number of ether oxygens (including phenoxy) is 1. The molecule has 0 aliphatic carbocycles. The highest BCUT2D eigenvalue weighted by molar-refractivity contribution is 5.77. The predicted molar refractivity (Wildman–Crippen MR) is 109 cm³/mol. The van der Waals surface area contributed by atoms with E-state index in [1.54, 1.807) is 12.1 Å². The Labute approximate surface area is 173 Å². The smallest absolute Gasteiger partial charge is 0.266 e. The number of primary amides is 1. The number of nitriles is 1. The third-order valence-electron chi connectivity index (χ3n) is 5.14. The van der Waals surface area contributed by atoms with Crippen LogP contribution in [0.25, 0.3) is 11.7 Å². The molecule has 1 aliphatic heterocycles. The number of benzene rings is 1. The van der Waals surface area contributed by atoms with Crippen molar-refractivity contribution < 1.29 is 18.4 Å². The fourth-order valence-electron chi connectivity index (χ4n) is 3.50. The van der Waals surface area contributed by atoms with E-state index < -0.39 is 0 Å². The maximum Gasteiger partial charge on any atom is 0.266 e. The van der Waals surface area contributed by atoms with E-state index in [0.717, 1.165) is 11.3 Å². The van der Waals surface area contributed by atoms with Crippen LogP contribution in [0.4, 0.5) is 5.88 Å². The molecule has 0 unspecified atom stereocenters. The molecule has 3 heterocycles. The molecule has 1 fully saturated rings. The van der Waals surface area contributed by atoms with E-state index in [1.165, 1.54) is 0 Å². The quantitative estimate of drug-likeness (QED) is 0.666. The Balaban J connectivity index is 1.46. The van der Waals surface area contributed by atoms with Gasteiger partial charge in [-0.2, -0.15) is 10.2 Å². The van der Waals surface area contributed by atoms with Crippen molar-refractivity contribution in [1.29, 1.82) is 5.26 Å². The number of carbonyl (C=O) groups excluding carboxylic acids is 1. The Kier molecular flexibility index (Phi) is 5.44. The number of nitrogens with zero attached hydrogens (tertiary/aromatic N) is 3. The minimum absolute atomic E-state index is 0.143. The molecule has 1 saturated heterocycles. The number of carbonyl (C=O) groups is 1. The van der Waals surface area contributed by atoms with Crippen molar-refractivity contribution in [3.05, 3.63) is 53.4 Å². The molecule has 30 heavy (non-hydrogen) atoms. The van der Waals surface area contributed by atoms with E-state index >= 15 is 0 Å². The van der Waals surface area contributed by atoms with Crippen LogP contribution in [0.3, 0.4) is 0 Å². The largest absolute Gasteiger partial charge is 0.486 e. The van der Waals surface area contributed by atoms with Gasteiger partial charge in [-0.1, -0.05) is 12.1 Å². The van der Waals surface area contributed by atoms with Crippen molar-refractivity contribution in [2.75, 3.05) is 18.0 Å². The van der Waals surface area contributed by atoms with Gasteiger partial charge in [0.15, 0.2) is 5.76 Å². The van der Waals surface area contributed by atoms with Crippen LogP contribution in [0.2, 0.25) is 0 Å². The van der Waals surface area contributed by atoms with E-state index in [9.17, 15) is 10.1 Å². The van der Waals surface area contributed by atoms with Gasteiger partial charge >= 0.3 is 0 Å². The van der Waals surface area contributed by atoms with Crippen molar-refractivity contribution in [2.24, 2.45) is 11.7 Å². The summed E-state index contributed by atoms with van der Waals surface area (Å²) in [4.78, 5) is 17.6. The van der Waals surface area contributed by atoms with Gasteiger partial charge in [0, 0.05) is 19.0 Å². The lowest BCUT2D eigenvalue weighted by Crippen LogP contribution is -2.38. The molecular formula is C22H22N4O4. The summed E-state index contributed by atoms with van der Waals surface area (Å²) in [6.45, 7) is 3.42. The zero-order valence-corrected chi connectivity index (χ0v) is 16.6. The van der Waals surface area contributed by atoms with Gasteiger partial charge in [0.1, 0.15) is 24.2 Å². The summed E-state index contributed by atoms with van der Waals surface area (Å²) in [7, 11) is 0. The number of oxazole rings is 1. The molecule has 0 saturated carbocycles. The molecule has 4 rings (SSSR count). The summed E-state index contributed by atoms with van der Waals surface area (Å²) in [6, 6.07) is 13.4. The van der Waals surface area contributed by atoms with E-state index in [4.69, 9.17) is 19.3 Å². The van der Waals surface area contributed by atoms with Crippen LogP contribution in [-0.2, 0) is 11.4 Å². The lowest BCUT2D eigenvalue weighted by molar-refractivity contribution is -0.122. The van der Waals surface area contributed by atoms with Crippen LogP contribution in [0.5, 0.6) is 5.75 Å². The average Bonchev–Trinajstić information content (AvgIpc) is 3.39. The van der Waals surface area contributed by atoms with Gasteiger partial charge in [-0.25, -0.2) is 0 Å². The van der Waals surface area contributed by atoms with E-state index in [0.29, 0.717) is 43.3 Å². The lowest BCUT2D eigenvalue weighted by atomic mass is 9.96. The minimum Gasteiger partial charge on any atom is -0.486 e. The molecule has 154 valence electrons. The van der Waals surface area contributed by atoms with Gasteiger partial charge in [-0.3, -0.25) is 4.79 Å². The molecule has 1 amide bonds. The zero-order chi connectivity index (χ0) is 21.1. The maximum atomic E-state index is 11.4. The van der Waals surface area contributed by atoms with Gasteiger partial charge in [0.2, 0.25) is 17.5 Å². The normalized spacial score (nSPS) is 14.5. The second kappa shape index (κ2) is 8.33. The Morgan fingerprint density at radius 3 is 2.80 bits per heavy atom. The summed E-state index contributed by atoms with van der Waals surface area (Å²) < 4.78 is 17.4. The van der Waals surface area contributed by atoms with Crippen LogP contribution in [0, 0.1) is 24.2 Å². The number of rotatable bonds is 6. The van der Waals surface area contributed by atoms with E-state index in [-0.39, 0.29) is 30.0 Å². The molecule has 0 radical (unpaired) electrons. The molecule has 2 N–H and O–H groups in total. The summed E-state index contributed by atoms with van der Waals surface area (Å²) >= 11 is 0. The van der Waals surface area contributed by atoms with Crippen LogP contribution in [-0.4, -0.2) is 24.0 Å². The molecule has 0 bridgehead atoms. The van der Waals surface area contributed by atoms with Gasteiger partial charge in [-0.15, -0.1) is 0 Å². The monoisotopic (exact) mass is 406 g/mol. The minimum atomic E-state index is -0.288. The van der Waals surface area contributed by atoms with Crippen LogP contribution < -0.4 is 15.4 Å². The highest BCUT2D eigenvalue weighted by Gasteiger charge is 2.28. The Bertz CT molecular complexity index is 1090. The van der Waals surface area contributed by atoms with Gasteiger partial charge in [-0.05, 0) is 49.6 Å². The van der Waals surface area contributed by atoms with Crippen LogP contribution in [0.1, 0.15) is 29.9 Å². The summed E-state index contributed by atoms with van der Waals surface area (Å²) in [5.74, 6) is 2.00. The standard InChI is InChI=1S/C22H22N4O4/c1-14-3-2-4-16(11-14)28-13-17-5-6-19(29-17)21-25-18(12-23)22(30-21)26-9-7-15(8-10-26)20(24)27/h2-6,11,15H,7-10,13H2,1H3,(H2,24,27). The number of hydrogen-bond donors (Lipinski definition) is 1.